The predicted molar refractivity (Wildman–Crippen MR) is 92.8 cm³/mol. The van der Waals surface area contributed by atoms with Gasteiger partial charge in [-0.3, -0.25) is 15.2 Å². The molecule has 0 aromatic carbocycles. The van der Waals surface area contributed by atoms with E-state index in [2.05, 4.69) is 10.3 Å². The summed E-state index contributed by atoms with van der Waals surface area (Å²) in [6, 6.07) is 1.65. The van der Waals surface area contributed by atoms with Gasteiger partial charge in [0, 0.05) is 0 Å². The summed E-state index contributed by atoms with van der Waals surface area (Å²) < 4.78 is 23.9. The fourth-order valence-electron chi connectivity index (χ4n) is 3.22. The Balaban J connectivity index is 1.97. The Morgan fingerprint density at radius 1 is 1.46 bits per heavy atom. The van der Waals surface area contributed by atoms with Crippen LogP contribution in [0, 0.1) is 5.41 Å². The van der Waals surface area contributed by atoms with Gasteiger partial charge in [0.2, 0.25) is 0 Å². The van der Waals surface area contributed by atoms with Crippen LogP contribution in [-0.2, 0) is 19.4 Å². The zero-order valence-electron chi connectivity index (χ0n) is 13.9. The standard InChI is InChI=1S/C15H17N5O5S/c1-15(2)10(13(22)23)20-11(21)9(12(20)26(15,24)25)5-7-3-4-8(6-18-7)19-14(16)17/h3-6,10,12H,1-2H3,(H,22,23)(H4,16,17,19)/b9-5-/t10-,12?/m0/s1. The molecule has 3 rings (SSSR count). The molecule has 5 N–H and O–H groups in total. The maximum atomic E-state index is 12.7. The van der Waals surface area contributed by atoms with Gasteiger partial charge in [-0.1, -0.05) is 0 Å². The summed E-state index contributed by atoms with van der Waals surface area (Å²) in [5, 5.41) is 17.8. The van der Waals surface area contributed by atoms with E-state index in [1.54, 1.807) is 6.07 Å². The number of nitrogens with two attached hydrogens (primary N) is 1. The number of nitrogens with one attached hydrogen (secondary N) is 2. The summed E-state index contributed by atoms with van der Waals surface area (Å²) >= 11 is 0. The number of rotatable bonds is 3. The number of β-lactam (4-membered cyclic amide) rings is 1. The summed E-state index contributed by atoms with van der Waals surface area (Å²) in [5.41, 5.74) is 5.99. The smallest absolute Gasteiger partial charge is 0.328 e. The Kier molecular flexibility index (Phi) is 3.80. The SMILES string of the molecule is CC1(C)[C@H](C(=O)O)N2C(=O)/C(=C/c3ccc(NC(=N)N)cn3)C2S1(=O)=O. The average molecular weight is 379 g/mol. The van der Waals surface area contributed by atoms with Crippen molar-refractivity contribution in [1.29, 1.82) is 5.41 Å². The first-order chi connectivity index (χ1) is 12.0. The number of carboxylic acids is 1. The molecule has 2 saturated heterocycles. The minimum Gasteiger partial charge on any atom is -0.480 e. The maximum absolute atomic E-state index is 12.7. The number of hydrogen-bond donors (Lipinski definition) is 4. The number of guanidine groups is 1. The molecule has 3 heterocycles. The lowest BCUT2D eigenvalue weighted by Gasteiger charge is -2.37. The van der Waals surface area contributed by atoms with Gasteiger partial charge in [-0.05, 0) is 32.1 Å². The zero-order chi connectivity index (χ0) is 19.4. The largest absolute Gasteiger partial charge is 0.480 e. The Hall–Kier alpha value is -2.95. The molecule has 0 radical (unpaired) electrons. The lowest BCUT2D eigenvalue weighted by atomic mass is 9.95. The van der Waals surface area contributed by atoms with Crippen molar-refractivity contribution in [2.75, 3.05) is 5.32 Å². The number of carbonyl (C=O) groups excluding carboxylic acids is 1. The summed E-state index contributed by atoms with van der Waals surface area (Å²) in [6.45, 7) is 2.62. The van der Waals surface area contributed by atoms with Gasteiger partial charge in [0.05, 0.1) is 23.2 Å². The van der Waals surface area contributed by atoms with Crippen molar-refractivity contribution < 1.29 is 23.1 Å². The molecule has 11 heteroatoms. The second-order valence-electron chi connectivity index (χ2n) is 6.56. The number of aromatic nitrogens is 1. The molecular formula is C15H17N5O5S. The minimum absolute atomic E-state index is 0.0124. The summed E-state index contributed by atoms with van der Waals surface area (Å²) in [4.78, 5) is 28.9. The molecular weight excluding hydrogens is 362 g/mol. The molecule has 1 unspecified atom stereocenters. The molecule has 0 aliphatic carbocycles. The van der Waals surface area contributed by atoms with Crippen LogP contribution in [0.1, 0.15) is 19.5 Å². The van der Waals surface area contributed by atoms with Crippen molar-refractivity contribution in [1.82, 2.24) is 9.88 Å². The second kappa shape index (κ2) is 5.53. The summed E-state index contributed by atoms with van der Waals surface area (Å²) in [5.74, 6) is -2.25. The van der Waals surface area contributed by atoms with Crippen molar-refractivity contribution in [3.8, 4) is 0 Å². The highest BCUT2D eigenvalue weighted by Gasteiger charge is 2.70. The van der Waals surface area contributed by atoms with Gasteiger partial charge in [0.15, 0.2) is 27.2 Å². The van der Waals surface area contributed by atoms with E-state index >= 15 is 0 Å². The Morgan fingerprint density at radius 2 is 2.12 bits per heavy atom. The quantitative estimate of drug-likeness (QED) is 0.238. The highest BCUT2D eigenvalue weighted by molar-refractivity contribution is 7.94. The van der Waals surface area contributed by atoms with Crippen molar-refractivity contribution in [3.05, 3.63) is 29.6 Å². The van der Waals surface area contributed by atoms with Gasteiger partial charge in [-0.2, -0.15) is 0 Å². The lowest BCUT2D eigenvalue weighted by molar-refractivity contribution is -0.152. The van der Waals surface area contributed by atoms with Crippen LogP contribution in [0.4, 0.5) is 5.69 Å². The molecule has 0 bridgehead atoms. The van der Waals surface area contributed by atoms with Gasteiger partial charge >= 0.3 is 5.97 Å². The molecule has 2 aliphatic rings. The number of anilines is 1. The van der Waals surface area contributed by atoms with Crippen LogP contribution in [0.25, 0.3) is 6.08 Å². The van der Waals surface area contributed by atoms with Gasteiger partial charge in [0.25, 0.3) is 5.91 Å². The van der Waals surface area contributed by atoms with Gasteiger partial charge in [0.1, 0.15) is 4.75 Å². The number of amides is 1. The monoisotopic (exact) mass is 379 g/mol. The van der Waals surface area contributed by atoms with Crippen molar-refractivity contribution >= 4 is 39.4 Å². The Labute approximate surface area is 149 Å². The Bertz CT molecular complexity index is 951. The lowest BCUT2D eigenvalue weighted by Crippen LogP contribution is -2.58. The van der Waals surface area contributed by atoms with Crippen molar-refractivity contribution in [2.24, 2.45) is 5.73 Å². The average Bonchev–Trinajstić information content (AvgIpc) is 2.67. The van der Waals surface area contributed by atoms with E-state index in [9.17, 15) is 23.1 Å². The summed E-state index contributed by atoms with van der Waals surface area (Å²) in [6.07, 6.45) is 2.71. The second-order valence-corrected chi connectivity index (χ2v) is 9.15. The van der Waals surface area contributed by atoms with Crippen molar-refractivity contribution in [3.63, 3.8) is 0 Å². The molecule has 2 fully saturated rings. The fraction of sp³-hybridized carbons (Fsp3) is 0.333. The molecule has 138 valence electrons. The van der Waals surface area contributed by atoms with Crippen LogP contribution in [0.15, 0.2) is 23.9 Å². The normalized spacial score (nSPS) is 26.9. The molecule has 1 aromatic heterocycles. The van der Waals surface area contributed by atoms with Gasteiger partial charge in [-0.15, -0.1) is 0 Å². The number of carbonyl (C=O) groups is 2. The molecule has 10 nitrogen and oxygen atoms in total. The molecule has 0 spiro atoms. The van der Waals surface area contributed by atoms with E-state index in [1.165, 1.54) is 32.2 Å². The van der Waals surface area contributed by atoms with Crippen molar-refractivity contribution in [2.45, 2.75) is 30.0 Å². The van der Waals surface area contributed by atoms with Crippen LogP contribution in [0.5, 0.6) is 0 Å². The molecule has 1 aromatic rings. The van der Waals surface area contributed by atoms with E-state index in [4.69, 9.17) is 11.1 Å². The Morgan fingerprint density at radius 3 is 2.62 bits per heavy atom. The van der Waals surface area contributed by atoms with E-state index in [0.717, 1.165) is 4.90 Å². The number of pyridine rings is 1. The van der Waals surface area contributed by atoms with Crippen LogP contribution in [-0.4, -0.2) is 57.4 Å². The number of nitrogens with zero attached hydrogens (tertiary/aromatic N) is 2. The first kappa shape index (κ1) is 17.9. The summed E-state index contributed by atoms with van der Waals surface area (Å²) in [7, 11) is -3.91. The fourth-order valence-corrected chi connectivity index (χ4v) is 5.34. The molecule has 0 saturated carbocycles. The highest BCUT2D eigenvalue weighted by atomic mass is 32.2. The number of fused-ring (bicyclic) bond motifs is 1. The maximum Gasteiger partial charge on any atom is 0.328 e. The number of hydrogen-bond acceptors (Lipinski definition) is 6. The van der Waals surface area contributed by atoms with Crippen LogP contribution in [0.3, 0.4) is 0 Å². The first-order valence-corrected chi connectivity index (χ1v) is 9.10. The van der Waals surface area contributed by atoms with Crippen LogP contribution in [0.2, 0.25) is 0 Å². The number of aliphatic carboxylic acids is 1. The minimum atomic E-state index is -3.91. The van der Waals surface area contributed by atoms with E-state index in [0.29, 0.717) is 11.4 Å². The third kappa shape index (κ3) is 2.35. The number of sulfone groups is 1. The topological polar surface area (TPSA) is 167 Å². The van der Waals surface area contributed by atoms with E-state index in [1.807, 2.05) is 0 Å². The third-order valence-electron chi connectivity index (χ3n) is 4.57. The van der Waals surface area contributed by atoms with Gasteiger partial charge < -0.3 is 21.1 Å². The predicted octanol–water partition coefficient (Wildman–Crippen LogP) is -0.401. The molecule has 1 amide bonds. The van der Waals surface area contributed by atoms with E-state index in [-0.39, 0.29) is 11.5 Å². The number of carboxylic acid groups (broad SMARTS) is 1. The highest BCUT2D eigenvalue weighted by Crippen LogP contribution is 2.48. The van der Waals surface area contributed by atoms with Crippen LogP contribution < -0.4 is 11.1 Å². The van der Waals surface area contributed by atoms with Crippen LogP contribution >= 0.6 is 0 Å². The van der Waals surface area contributed by atoms with E-state index < -0.39 is 37.9 Å². The van der Waals surface area contributed by atoms with Gasteiger partial charge in [-0.25, -0.2) is 13.2 Å². The molecule has 26 heavy (non-hydrogen) atoms. The third-order valence-corrected chi connectivity index (χ3v) is 7.33. The molecule has 2 atom stereocenters. The molecule has 2 aliphatic heterocycles. The first-order valence-electron chi connectivity index (χ1n) is 7.56. The zero-order valence-corrected chi connectivity index (χ0v) is 14.7.